The van der Waals surface area contributed by atoms with E-state index in [4.69, 9.17) is 0 Å². The maximum Gasteiger partial charge on any atom is 0.261 e. The van der Waals surface area contributed by atoms with Gasteiger partial charge < -0.3 is 15.2 Å². The minimum absolute atomic E-state index is 0.113. The topological polar surface area (TPSA) is 78.1 Å². The zero-order valence-electron chi connectivity index (χ0n) is 18.9. The quantitative estimate of drug-likeness (QED) is 0.433. The van der Waals surface area contributed by atoms with E-state index in [1.54, 1.807) is 18.3 Å². The largest absolute Gasteiger partial charge is 0.345 e. The summed E-state index contributed by atoms with van der Waals surface area (Å²) >= 11 is 0. The number of nitrogens with one attached hydrogen (secondary N) is 2. The minimum Gasteiger partial charge on any atom is -0.345 e. The lowest BCUT2D eigenvalue weighted by molar-refractivity contribution is 0.0938. The van der Waals surface area contributed by atoms with Crippen LogP contribution in [0.1, 0.15) is 40.3 Å². The van der Waals surface area contributed by atoms with Crippen LogP contribution in [0.5, 0.6) is 0 Å². The lowest BCUT2D eigenvalue weighted by Gasteiger charge is -2.18. The first-order chi connectivity index (χ1) is 16.0. The van der Waals surface area contributed by atoms with Crippen molar-refractivity contribution in [2.45, 2.75) is 25.9 Å². The number of rotatable bonds is 8. The number of carbonyl (C=O) groups is 1. The van der Waals surface area contributed by atoms with Gasteiger partial charge in [0, 0.05) is 37.1 Å². The summed E-state index contributed by atoms with van der Waals surface area (Å²) in [5.74, 6) is -0.383. The molecule has 0 aliphatic rings. The number of hydrogen-bond acceptors (Lipinski definition) is 4. The second kappa shape index (κ2) is 10.2. The molecule has 4 rings (SSSR count). The molecule has 2 heterocycles. The van der Waals surface area contributed by atoms with Gasteiger partial charge in [-0.2, -0.15) is 0 Å². The number of likely N-dealkylation sites (N-methyl/N-ethyl adjacent to an activating group) is 1. The van der Waals surface area contributed by atoms with E-state index in [2.05, 4.69) is 20.2 Å². The highest BCUT2D eigenvalue weighted by molar-refractivity contribution is 5.94. The van der Waals surface area contributed by atoms with Crippen LogP contribution in [0.2, 0.25) is 0 Å². The minimum atomic E-state index is -0.383. The van der Waals surface area contributed by atoms with E-state index in [0.717, 1.165) is 40.7 Å². The number of H-pyrrole nitrogens is 1. The fourth-order valence-electron chi connectivity index (χ4n) is 3.99. The summed E-state index contributed by atoms with van der Waals surface area (Å²) in [7, 11) is 1.99. The molecule has 2 aromatic carbocycles. The Morgan fingerprint density at radius 3 is 2.61 bits per heavy atom. The highest BCUT2D eigenvalue weighted by Crippen LogP contribution is 2.24. The lowest BCUT2D eigenvalue weighted by atomic mass is 9.99. The maximum absolute atomic E-state index is 12.8. The van der Waals surface area contributed by atoms with E-state index in [9.17, 15) is 9.59 Å². The van der Waals surface area contributed by atoms with Gasteiger partial charge in [-0.3, -0.25) is 14.6 Å². The summed E-state index contributed by atoms with van der Waals surface area (Å²) in [6.07, 6.45) is 2.62. The van der Waals surface area contributed by atoms with E-state index in [-0.39, 0.29) is 23.1 Å². The molecule has 168 valence electrons. The number of hydrogen-bond donors (Lipinski definition) is 2. The van der Waals surface area contributed by atoms with Crippen LogP contribution in [0.15, 0.2) is 83.8 Å². The van der Waals surface area contributed by atoms with E-state index in [1.807, 2.05) is 74.6 Å². The Bertz CT molecular complexity index is 1300. The zero-order valence-corrected chi connectivity index (χ0v) is 18.9. The molecular weight excluding hydrogens is 412 g/mol. The molecule has 33 heavy (non-hydrogen) atoms. The number of fused-ring (bicyclic) bond motifs is 1. The van der Waals surface area contributed by atoms with E-state index in [0.29, 0.717) is 6.54 Å². The van der Waals surface area contributed by atoms with Gasteiger partial charge in [-0.15, -0.1) is 0 Å². The average molecular weight is 441 g/mol. The molecule has 6 nitrogen and oxygen atoms in total. The van der Waals surface area contributed by atoms with Crippen molar-refractivity contribution in [1.82, 2.24) is 20.2 Å². The fraction of sp³-hybridized carbons (Fsp3) is 0.222. The molecule has 4 aromatic rings. The van der Waals surface area contributed by atoms with Crippen LogP contribution >= 0.6 is 0 Å². The molecule has 0 saturated heterocycles. The molecule has 1 unspecified atom stereocenters. The first kappa shape index (κ1) is 22.4. The van der Waals surface area contributed by atoms with Crippen molar-refractivity contribution in [3.63, 3.8) is 0 Å². The lowest BCUT2D eigenvalue weighted by Crippen LogP contribution is -2.32. The number of aromatic nitrogens is 2. The molecule has 2 aromatic heterocycles. The van der Waals surface area contributed by atoms with Crippen LogP contribution < -0.4 is 10.9 Å². The third kappa shape index (κ3) is 5.54. The van der Waals surface area contributed by atoms with Gasteiger partial charge in [0.25, 0.3) is 11.5 Å². The summed E-state index contributed by atoms with van der Waals surface area (Å²) in [5, 5.41) is 5.17. The first-order valence-electron chi connectivity index (χ1n) is 11.1. The average Bonchev–Trinajstić information content (AvgIpc) is 2.83. The van der Waals surface area contributed by atoms with Crippen molar-refractivity contribution in [3.05, 3.63) is 112 Å². The van der Waals surface area contributed by atoms with Gasteiger partial charge in [0.15, 0.2) is 0 Å². The molecule has 1 amide bonds. The standard InChI is InChI=1S/C27H28N4O2/c1-19(23-12-7-9-20-8-3-4-11-24(20)23)29-26(32)25-14-13-22(30-27(25)33)18-31(2)17-15-21-10-5-6-16-28-21/h3-14,16,19H,15,17-18H2,1-2H3,(H,29,32)(H,30,33). The van der Waals surface area contributed by atoms with Crippen LogP contribution in [0.25, 0.3) is 10.8 Å². The molecule has 0 saturated carbocycles. The second-order valence-corrected chi connectivity index (χ2v) is 8.30. The smallest absolute Gasteiger partial charge is 0.261 e. The number of aromatic amines is 1. The molecule has 6 heteroatoms. The number of pyridine rings is 2. The van der Waals surface area contributed by atoms with E-state index < -0.39 is 0 Å². The van der Waals surface area contributed by atoms with Gasteiger partial charge in [0.05, 0.1) is 6.04 Å². The third-order valence-corrected chi connectivity index (χ3v) is 5.77. The highest BCUT2D eigenvalue weighted by atomic mass is 16.2. The van der Waals surface area contributed by atoms with Crippen molar-refractivity contribution in [1.29, 1.82) is 0 Å². The molecule has 0 aliphatic heterocycles. The Morgan fingerprint density at radius 1 is 1.03 bits per heavy atom. The fourth-order valence-corrected chi connectivity index (χ4v) is 3.99. The van der Waals surface area contributed by atoms with Gasteiger partial charge >= 0.3 is 0 Å². The molecular formula is C27H28N4O2. The third-order valence-electron chi connectivity index (χ3n) is 5.77. The Labute approximate surface area is 193 Å². The molecule has 0 fully saturated rings. The van der Waals surface area contributed by atoms with Crippen LogP contribution in [0.4, 0.5) is 0 Å². The van der Waals surface area contributed by atoms with Gasteiger partial charge in [0.2, 0.25) is 0 Å². The normalized spacial score (nSPS) is 12.1. The summed E-state index contributed by atoms with van der Waals surface area (Å²) in [6.45, 7) is 3.32. The molecule has 1 atom stereocenters. The summed E-state index contributed by atoms with van der Waals surface area (Å²) in [5.41, 5.74) is 2.55. The predicted molar refractivity (Wildman–Crippen MR) is 131 cm³/mol. The van der Waals surface area contributed by atoms with Crippen molar-refractivity contribution in [2.75, 3.05) is 13.6 Å². The highest BCUT2D eigenvalue weighted by Gasteiger charge is 2.16. The SMILES string of the molecule is CC(NC(=O)c1ccc(CN(C)CCc2ccccn2)[nH]c1=O)c1cccc2ccccc12. The maximum atomic E-state index is 12.8. The number of carbonyl (C=O) groups excluding carboxylic acids is 1. The number of benzene rings is 2. The summed E-state index contributed by atoms with van der Waals surface area (Å²) in [4.78, 5) is 34.8. The van der Waals surface area contributed by atoms with Crippen LogP contribution in [0, 0.1) is 0 Å². The zero-order chi connectivity index (χ0) is 23.2. The number of amides is 1. The number of nitrogens with zero attached hydrogens (tertiary/aromatic N) is 2. The van der Waals surface area contributed by atoms with E-state index in [1.165, 1.54) is 0 Å². The van der Waals surface area contributed by atoms with Crippen molar-refractivity contribution in [3.8, 4) is 0 Å². The van der Waals surface area contributed by atoms with Crippen molar-refractivity contribution < 1.29 is 4.79 Å². The Morgan fingerprint density at radius 2 is 1.82 bits per heavy atom. The van der Waals surface area contributed by atoms with Crippen LogP contribution in [-0.2, 0) is 13.0 Å². The molecule has 2 N–H and O–H groups in total. The Balaban J connectivity index is 1.40. The van der Waals surface area contributed by atoms with Crippen LogP contribution in [0.3, 0.4) is 0 Å². The molecule has 0 spiro atoms. The van der Waals surface area contributed by atoms with Crippen LogP contribution in [-0.4, -0.2) is 34.4 Å². The second-order valence-electron chi connectivity index (χ2n) is 8.30. The van der Waals surface area contributed by atoms with Crippen molar-refractivity contribution in [2.24, 2.45) is 0 Å². The Hall–Kier alpha value is -3.77. The first-order valence-corrected chi connectivity index (χ1v) is 11.1. The van der Waals surface area contributed by atoms with E-state index >= 15 is 0 Å². The summed E-state index contributed by atoms with van der Waals surface area (Å²) in [6, 6.07) is 23.1. The Kier molecular flexibility index (Phi) is 6.95. The van der Waals surface area contributed by atoms with Gasteiger partial charge in [0.1, 0.15) is 5.56 Å². The monoisotopic (exact) mass is 440 g/mol. The van der Waals surface area contributed by atoms with Gasteiger partial charge in [-0.1, -0.05) is 48.5 Å². The van der Waals surface area contributed by atoms with Gasteiger partial charge in [-0.25, -0.2) is 0 Å². The predicted octanol–water partition coefficient (Wildman–Crippen LogP) is 4.09. The van der Waals surface area contributed by atoms with Gasteiger partial charge in [-0.05, 0) is 54.6 Å². The van der Waals surface area contributed by atoms with Crippen molar-refractivity contribution >= 4 is 16.7 Å². The molecule has 0 bridgehead atoms. The molecule has 0 radical (unpaired) electrons. The molecule has 0 aliphatic carbocycles. The summed E-state index contributed by atoms with van der Waals surface area (Å²) < 4.78 is 0.